The number of thioether (sulfide) groups is 1. The van der Waals surface area contributed by atoms with Crippen molar-refractivity contribution in [3.8, 4) is 0 Å². The maximum atomic E-state index is 14.7. The molecule has 0 bridgehead atoms. The number of β-lactam (4-membered cyclic amide) rings is 1. The van der Waals surface area contributed by atoms with E-state index in [0.717, 1.165) is 27.3 Å². The molecule has 2 amide bonds. The number of benzene rings is 1. The molecular weight excluding hydrogens is 640 g/mol. The number of aliphatic carboxylic acids is 1. The maximum Gasteiger partial charge on any atom is 0.278 e. The van der Waals surface area contributed by atoms with Gasteiger partial charge < -0.3 is 36.1 Å². The van der Waals surface area contributed by atoms with Gasteiger partial charge in [-0.25, -0.2) is 4.39 Å². The second-order valence-corrected chi connectivity index (χ2v) is 12.2. The molecule has 4 aromatic rings. The Labute approximate surface area is 268 Å². The summed E-state index contributed by atoms with van der Waals surface area (Å²) in [5, 5.41) is 26.4. The summed E-state index contributed by atoms with van der Waals surface area (Å²) in [4.78, 5) is 48.3. The zero-order valence-corrected chi connectivity index (χ0v) is 25.6. The van der Waals surface area contributed by atoms with Gasteiger partial charge in [-0.05, 0) is 12.1 Å². The minimum Gasteiger partial charge on any atom is -0.543 e. The third-order valence-corrected chi connectivity index (χ3v) is 9.31. The topological polar surface area (TPSA) is 222 Å². The van der Waals surface area contributed by atoms with E-state index >= 15 is 0 Å². The van der Waals surface area contributed by atoms with E-state index in [4.69, 9.17) is 21.7 Å². The summed E-state index contributed by atoms with van der Waals surface area (Å²) in [6, 6.07) is 7.08. The largest absolute Gasteiger partial charge is 0.543 e. The fourth-order valence-corrected chi connectivity index (χ4v) is 7.03. The van der Waals surface area contributed by atoms with Crippen LogP contribution in [0.5, 0.6) is 0 Å². The highest BCUT2D eigenvalue weighted by molar-refractivity contribution is 8.00. The van der Waals surface area contributed by atoms with Gasteiger partial charge in [0, 0.05) is 51.6 Å². The molecule has 46 heavy (non-hydrogen) atoms. The first-order chi connectivity index (χ1) is 22.0. The van der Waals surface area contributed by atoms with Gasteiger partial charge in [0.2, 0.25) is 11.5 Å². The molecule has 2 atom stereocenters. The van der Waals surface area contributed by atoms with Crippen LogP contribution in [0.1, 0.15) is 17.0 Å². The van der Waals surface area contributed by atoms with E-state index in [1.54, 1.807) is 22.9 Å². The van der Waals surface area contributed by atoms with E-state index in [-0.39, 0.29) is 47.0 Å². The number of amides is 2. The Balaban J connectivity index is 1.21. The van der Waals surface area contributed by atoms with Gasteiger partial charge in [-0.15, -0.1) is 11.8 Å². The number of hydrogen-bond donors (Lipinski definition) is 4. The van der Waals surface area contributed by atoms with Crippen molar-refractivity contribution in [2.24, 2.45) is 10.9 Å². The zero-order valence-electron chi connectivity index (χ0n) is 24.0. The molecule has 2 aliphatic heterocycles. The van der Waals surface area contributed by atoms with Crippen molar-refractivity contribution in [2.75, 3.05) is 18.6 Å². The van der Waals surface area contributed by atoms with Crippen molar-refractivity contribution < 1.29 is 33.3 Å². The smallest absolute Gasteiger partial charge is 0.278 e. The first-order valence-corrected chi connectivity index (χ1v) is 15.4. The lowest BCUT2D eigenvalue weighted by Crippen LogP contribution is -2.71. The summed E-state index contributed by atoms with van der Waals surface area (Å²) in [5.74, 6) is -3.48. The number of nitrogen functional groups attached to an aromatic ring is 2. The van der Waals surface area contributed by atoms with E-state index in [2.05, 4.69) is 19.8 Å². The summed E-state index contributed by atoms with van der Waals surface area (Å²) in [5.41, 5.74) is 12.4. The Morgan fingerprint density at radius 1 is 1.33 bits per heavy atom. The van der Waals surface area contributed by atoms with Crippen molar-refractivity contribution in [1.29, 1.82) is 5.41 Å². The summed E-state index contributed by atoms with van der Waals surface area (Å²) < 4.78 is 22.3. The average Bonchev–Trinajstić information content (AvgIpc) is 3.64. The van der Waals surface area contributed by atoms with E-state index in [1.807, 2.05) is 29.1 Å². The quantitative estimate of drug-likeness (QED) is 0.0548. The molecule has 0 unspecified atom stereocenters. The number of carbonyl (C=O) groups is 3. The Morgan fingerprint density at radius 2 is 2.13 bits per heavy atom. The highest BCUT2D eigenvalue weighted by atomic mass is 32.2. The molecule has 1 saturated heterocycles. The number of nitrogens with two attached hydrogens (primary N) is 2. The zero-order chi connectivity index (χ0) is 32.7. The van der Waals surface area contributed by atoms with Crippen molar-refractivity contribution in [1.82, 2.24) is 24.1 Å². The first-order valence-electron chi connectivity index (χ1n) is 13.6. The molecule has 0 spiro atoms. The maximum absolute atomic E-state index is 14.7. The van der Waals surface area contributed by atoms with Gasteiger partial charge in [0.25, 0.3) is 11.8 Å². The van der Waals surface area contributed by atoms with Gasteiger partial charge in [0.05, 0.1) is 18.2 Å². The predicted molar refractivity (Wildman–Crippen MR) is 164 cm³/mol. The predicted octanol–water partition coefficient (Wildman–Crippen LogP) is -0.711. The minimum atomic E-state index is -1.52. The number of hydrogen-bond acceptors (Lipinski definition) is 12. The van der Waals surface area contributed by atoms with Crippen LogP contribution in [0.15, 0.2) is 65.3 Å². The molecule has 5 heterocycles. The number of rotatable bonds is 10. The highest BCUT2D eigenvalue weighted by Gasteiger charge is 2.53. The molecule has 18 heteroatoms. The van der Waals surface area contributed by atoms with Crippen LogP contribution in [-0.2, 0) is 32.3 Å². The van der Waals surface area contributed by atoms with Crippen LogP contribution in [-0.4, -0.2) is 72.4 Å². The van der Waals surface area contributed by atoms with Crippen LogP contribution in [0.2, 0.25) is 0 Å². The molecule has 15 nitrogen and oxygen atoms in total. The number of carboxylic acid groups (broad SMARTS) is 1. The minimum absolute atomic E-state index is 0.0736. The van der Waals surface area contributed by atoms with E-state index in [0.29, 0.717) is 16.7 Å². The fraction of sp³-hybridized carbons (Fsp3) is 0.214. The monoisotopic (exact) mass is 664 g/mol. The van der Waals surface area contributed by atoms with Crippen molar-refractivity contribution in [3.05, 3.63) is 83.0 Å². The molecule has 3 aromatic heterocycles. The molecule has 0 saturated carbocycles. The highest BCUT2D eigenvalue weighted by Crippen LogP contribution is 2.40. The summed E-state index contributed by atoms with van der Waals surface area (Å²) in [7, 11) is 1.23. The first kappa shape index (κ1) is 30.7. The third-order valence-electron chi connectivity index (χ3n) is 7.43. The number of carbonyl (C=O) groups excluding carboxylic acids is 3. The lowest BCUT2D eigenvalue weighted by molar-refractivity contribution is -0.687. The van der Waals surface area contributed by atoms with E-state index in [1.165, 1.54) is 24.9 Å². The number of carboxylic acids is 1. The second-order valence-electron chi connectivity index (χ2n) is 10.3. The second kappa shape index (κ2) is 12.2. The standard InChI is InChI=1S/C28H25FN10O5S2/c1-44-35-19(23-34-28(32)46-36-23)24(40)33-20-25(41)39-21(27(42)43)16(12-45-26(20)39)9-37-6-4-13-5-7-38(18(13)11-37)10-15-3-2-14(22(30)31)8-17(15)29/h2-8,11,20,26H,9-10,12H2,1H3,(H6-,30,31,32,33,34,36,40,42,43)/b35-19-/t20-,26-/m1/s1. The number of halogens is 1. The molecular formula is C28H25FN10O5S2. The van der Waals surface area contributed by atoms with Crippen molar-refractivity contribution in [2.45, 2.75) is 24.5 Å². The van der Waals surface area contributed by atoms with E-state index < -0.39 is 35.0 Å². The van der Waals surface area contributed by atoms with Crippen molar-refractivity contribution in [3.63, 3.8) is 0 Å². The van der Waals surface area contributed by atoms with E-state index in [9.17, 15) is 23.9 Å². The summed E-state index contributed by atoms with van der Waals surface area (Å²) in [6.45, 7) is 0.342. The third kappa shape index (κ3) is 5.63. The molecule has 0 radical (unpaired) electrons. The van der Waals surface area contributed by atoms with Crippen LogP contribution in [0.25, 0.3) is 10.9 Å². The molecule has 6 N–H and O–H groups in total. The molecule has 236 valence electrons. The number of anilines is 1. The van der Waals surface area contributed by atoms with Crippen molar-refractivity contribution >= 4 is 68.7 Å². The lowest BCUT2D eigenvalue weighted by Gasteiger charge is -2.50. The van der Waals surface area contributed by atoms with Gasteiger partial charge >= 0.3 is 0 Å². The summed E-state index contributed by atoms with van der Waals surface area (Å²) in [6.07, 6.45) is 5.41. The number of fused-ring (bicyclic) bond motifs is 2. The number of nitrogens with zero attached hydrogens (tertiary/aromatic N) is 6. The lowest BCUT2D eigenvalue weighted by atomic mass is 10.0. The van der Waals surface area contributed by atoms with Crippen LogP contribution in [0, 0.1) is 11.2 Å². The number of nitrogens with one attached hydrogen (secondary N) is 2. The Bertz CT molecular complexity index is 1990. The number of oxime groups is 1. The summed E-state index contributed by atoms with van der Waals surface area (Å²) >= 11 is 2.15. The number of amidine groups is 1. The van der Waals surface area contributed by atoms with Gasteiger partial charge in [-0.2, -0.15) is 13.9 Å². The Morgan fingerprint density at radius 3 is 2.80 bits per heavy atom. The molecule has 0 aliphatic carbocycles. The average molecular weight is 665 g/mol. The van der Waals surface area contributed by atoms with Crippen LogP contribution in [0.3, 0.4) is 0 Å². The number of aromatic nitrogens is 4. The van der Waals surface area contributed by atoms with Crippen LogP contribution >= 0.6 is 23.3 Å². The van der Waals surface area contributed by atoms with Gasteiger partial charge in [-0.3, -0.25) is 19.9 Å². The van der Waals surface area contributed by atoms with Crippen LogP contribution in [0.4, 0.5) is 9.52 Å². The molecule has 6 rings (SSSR count). The van der Waals surface area contributed by atoms with Crippen LogP contribution < -0.4 is 26.5 Å². The fourth-order valence-electron chi connectivity index (χ4n) is 5.26. The Kier molecular flexibility index (Phi) is 8.13. The van der Waals surface area contributed by atoms with Gasteiger partial charge in [0.1, 0.15) is 35.7 Å². The normalized spacial score (nSPS) is 17.9. The van der Waals surface area contributed by atoms with Gasteiger partial charge in [-0.1, -0.05) is 17.3 Å². The van der Waals surface area contributed by atoms with Gasteiger partial charge in [0.15, 0.2) is 24.1 Å². The number of pyridine rings is 1. The molecule has 2 aliphatic rings. The SMILES string of the molecule is CO/N=C(\C(=O)N[C@@H]1C(=O)N2C(C(=O)[O-])=C(C[n+]3ccc4ccn(Cc5ccc(C(=N)N)cc5F)c4c3)CS[C@H]12)c1nsc(N)n1. The molecule has 1 aromatic carbocycles. The Hall–Kier alpha value is -5.36. The molecule has 1 fully saturated rings.